The van der Waals surface area contributed by atoms with Gasteiger partial charge < -0.3 is 14.4 Å². The molecule has 51 heavy (non-hydrogen) atoms. The number of hydrogen-bond acceptors (Lipinski definition) is 3. The molecule has 257 valence electrons. The van der Waals surface area contributed by atoms with Crippen molar-refractivity contribution in [2.24, 2.45) is 10.8 Å². The maximum absolute atomic E-state index is 9.37. The molecular formula is C47H42IrN2O-2. The van der Waals surface area contributed by atoms with Crippen molar-refractivity contribution in [2.45, 2.75) is 71.8 Å². The van der Waals surface area contributed by atoms with Crippen LogP contribution in [0.5, 0.6) is 0 Å². The average Bonchev–Trinajstić information content (AvgIpc) is 3.79. The van der Waals surface area contributed by atoms with Crippen LogP contribution in [0, 0.1) is 23.0 Å². The topological polar surface area (TPSA) is 38.9 Å². The Bertz CT molecular complexity index is 3000. The van der Waals surface area contributed by atoms with Crippen molar-refractivity contribution < 1.29 is 43.7 Å². The summed E-state index contributed by atoms with van der Waals surface area (Å²) in [7, 11) is 0. The monoisotopic (exact) mass is 857 g/mol. The van der Waals surface area contributed by atoms with Gasteiger partial charge in [-0.05, 0) is 119 Å². The van der Waals surface area contributed by atoms with Gasteiger partial charge in [0.1, 0.15) is 5.58 Å². The second kappa shape index (κ2) is 13.3. The van der Waals surface area contributed by atoms with Crippen molar-refractivity contribution in [2.75, 3.05) is 0 Å². The maximum Gasteiger partial charge on any atom is 0.121 e. The standard InChI is InChI=1S/C33H30NO.C14H12N.Ir/c1-32(2,3)16-21-11-12-34-29(13-21)27-10-6-9-26-28-14-24-19-33(17-22-7-4-5-8-23(22)18-33)20-25(24)15-30(28)35-31(26)27;1-2-5-11(6-3-1)14-9-12-7-4-8-13(12)10-15-14;/h4-9,11-15H,16-20H2,1-3H3;1-3,5,9-10H,4,7-8H2;/q2*-1;/i16D2,17D2,18D2,19D2,20D2;7D2,8D2;. The van der Waals surface area contributed by atoms with Crippen molar-refractivity contribution in [3.63, 3.8) is 0 Å². The molecule has 7 aromatic rings. The Hall–Kier alpha value is -4.37. The Balaban J connectivity index is 0.000000241. The minimum Gasteiger partial charge on any atom is -0.501 e. The van der Waals surface area contributed by atoms with Crippen LogP contribution in [0.1, 0.15) is 85.3 Å². The van der Waals surface area contributed by atoms with E-state index in [1.807, 2.05) is 39.0 Å². The van der Waals surface area contributed by atoms with Gasteiger partial charge in [0.15, 0.2) is 0 Å². The van der Waals surface area contributed by atoms with Crippen molar-refractivity contribution in [3.05, 3.63) is 154 Å². The minimum atomic E-state index is -2.80. The summed E-state index contributed by atoms with van der Waals surface area (Å²) < 4.78 is 129. The molecule has 0 atom stereocenters. The Morgan fingerprint density at radius 1 is 0.745 bits per heavy atom. The molecule has 0 bridgehead atoms. The maximum atomic E-state index is 9.37. The summed E-state index contributed by atoms with van der Waals surface area (Å²) >= 11 is 0. The summed E-state index contributed by atoms with van der Waals surface area (Å²) in [5, 5.41) is 1.01. The minimum absolute atomic E-state index is 0. The van der Waals surface area contributed by atoms with Gasteiger partial charge in [0.2, 0.25) is 0 Å². The Morgan fingerprint density at radius 3 is 2.25 bits per heavy atom. The van der Waals surface area contributed by atoms with E-state index in [2.05, 4.69) is 22.1 Å². The van der Waals surface area contributed by atoms with Crippen LogP contribution in [0.2, 0.25) is 0 Å². The number of furan rings is 1. The summed E-state index contributed by atoms with van der Waals surface area (Å²) in [6, 6.07) is 30.6. The van der Waals surface area contributed by atoms with Crippen molar-refractivity contribution >= 4 is 21.9 Å². The molecule has 3 heterocycles. The first-order chi connectivity index (χ1) is 29.6. The van der Waals surface area contributed by atoms with E-state index in [0.29, 0.717) is 50.0 Å². The predicted molar refractivity (Wildman–Crippen MR) is 203 cm³/mol. The second-order valence-electron chi connectivity index (χ2n) is 13.6. The fraction of sp³-hybridized carbons (Fsp3) is 0.277. The first-order valence-electron chi connectivity index (χ1n) is 23.6. The zero-order valence-corrected chi connectivity index (χ0v) is 30.6. The normalized spacial score (nSPS) is 25.5. The fourth-order valence-corrected chi connectivity index (χ4v) is 6.64. The van der Waals surface area contributed by atoms with Crippen molar-refractivity contribution in [3.8, 4) is 22.5 Å². The molecule has 3 aromatic heterocycles. The third-order valence-corrected chi connectivity index (χ3v) is 8.77. The molecule has 3 aliphatic rings. The van der Waals surface area contributed by atoms with Crippen LogP contribution < -0.4 is 0 Å². The molecule has 1 spiro atoms. The molecule has 4 aromatic carbocycles. The summed E-state index contributed by atoms with van der Waals surface area (Å²) in [4.78, 5) is 8.72. The van der Waals surface area contributed by atoms with Gasteiger partial charge in [-0.3, -0.25) is 0 Å². The molecule has 0 saturated carbocycles. The molecule has 0 unspecified atom stereocenters. The van der Waals surface area contributed by atoms with Crippen LogP contribution in [0.4, 0.5) is 0 Å². The van der Waals surface area contributed by atoms with Gasteiger partial charge in [-0.1, -0.05) is 79.2 Å². The van der Waals surface area contributed by atoms with E-state index in [1.165, 1.54) is 36.7 Å². The van der Waals surface area contributed by atoms with Gasteiger partial charge >= 0.3 is 0 Å². The van der Waals surface area contributed by atoms with E-state index >= 15 is 0 Å². The first-order valence-corrected chi connectivity index (χ1v) is 16.6. The van der Waals surface area contributed by atoms with Crippen LogP contribution in [-0.2, 0) is 64.7 Å². The smallest absolute Gasteiger partial charge is 0.121 e. The van der Waals surface area contributed by atoms with E-state index in [1.54, 1.807) is 48.5 Å². The predicted octanol–water partition coefficient (Wildman–Crippen LogP) is 11.0. The quantitative estimate of drug-likeness (QED) is 0.166. The molecule has 0 amide bonds. The molecule has 0 saturated heterocycles. The van der Waals surface area contributed by atoms with E-state index in [9.17, 15) is 5.48 Å². The number of aryl methyl sites for hydroxylation is 2. The first kappa shape index (κ1) is 21.2. The largest absolute Gasteiger partial charge is 0.501 e. The molecule has 0 N–H and O–H groups in total. The van der Waals surface area contributed by atoms with Crippen LogP contribution in [-0.4, -0.2) is 9.97 Å². The second-order valence-corrected chi connectivity index (χ2v) is 13.6. The number of aromatic nitrogens is 2. The van der Waals surface area contributed by atoms with Gasteiger partial charge in [0.05, 0.1) is 5.58 Å². The van der Waals surface area contributed by atoms with Crippen LogP contribution in [0.3, 0.4) is 0 Å². The summed E-state index contributed by atoms with van der Waals surface area (Å²) in [6.07, 6.45) is -13.1. The molecule has 0 aliphatic heterocycles. The fourth-order valence-electron chi connectivity index (χ4n) is 6.64. The molecule has 0 fully saturated rings. The number of rotatable bonds is 3. The number of fused-ring (bicyclic) bond motifs is 6. The number of nitrogens with zero attached hydrogens (tertiary/aromatic N) is 2. The Kier molecular flexibility index (Phi) is 5.54. The Morgan fingerprint density at radius 2 is 1.49 bits per heavy atom. The van der Waals surface area contributed by atoms with Crippen LogP contribution in [0.15, 0.2) is 108 Å². The molecule has 4 heteroatoms. The third-order valence-electron chi connectivity index (χ3n) is 8.77. The van der Waals surface area contributed by atoms with Gasteiger partial charge in [0, 0.05) is 57.1 Å². The van der Waals surface area contributed by atoms with E-state index in [-0.39, 0.29) is 54.4 Å². The summed E-state index contributed by atoms with van der Waals surface area (Å²) in [6.45, 7) is 5.46. The summed E-state index contributed by atoms with van der Waals surface area (Å²) in [5.74, 6) is 0. The van der Waals surface area contributed by atoms with E-state index in [0.717, 1.165) is 5.56 Å². The van der Waals surface area contributed by atoms with Gasteiger partial charge in [-0.25, -0.2) is 0 Å². The average molecular weight is 857 g/mol. The SMILES string of the molecule is [2H]C([2H])(c1ccnc(-c2[c-]ccc3c2oc2cc4c(cc23)C([2H])([2H])C2(C([2H])([2H])c3ccccc3C2([2H])[2H])C4([2H])[2H])c1)C(C)(C)C.[2H]C1([2H])CC([2H])([2H])c2cc(-c3[c-]cccc3)ncc21.[Ir]. The van der Waals surface area contributed by atoms with Crippen LogP contribution in [0.25, 0.3) is 44.5 Å². The zero-order valence-electron chi connectivity index (χ0n) is 42.2. The van der Waals surface area contributed by atoms with Crippen molar-refractivity contribution in [1.29, 1.82) is 0 Å². The number of pyridine rings is 2. The van der Waals surface area contributed by atoms with Gasteiger partial charge in [-0.15, -0.1) is 54.1 Å². The Labute approximate surface area is 334 Å². The number of benzene rings is 4. The molecule has 3 nitrogen and oxygen atoms in total. The number of hydrogen-bond donors (Lipinski definition) is 0. The third kappa shape index (κ3) is 6.61. The van der Waals surface area contributed by atoms with Gasteiger partial charge in [0.25, 0.3) is 0 Å². The zero-order chi connectivity index (χ0) is 46.4. The van der Waals surface area contributed by atoms with E-state index in [4.69, 9.17) is 18.1 Å². The molecular weight excluding hydrogens is 801 g/mol. The summed E-state index contributed by atoms with van der Waals surface area (Å²) in [5.41, 5.74) is 0.180. The van der Waals surface area contributed by atoms with Crippen LogP contribution >= 0.6 is 0 Å². The van der Waals surface area contributed by atoms with Crippen molar-refractivity contribution in [1.82, 2.24) is 9.97 Å². The van der Waals surface area contributed by atoms with E-state index < -0.39 is 55.4 Å². The van der Waals surface area contributed by atoms with Gasteiger partial charge in [-0.2, -0.15) is 0 Å². The molecule has 1 radical (unpaired) electrons. The molecule has 10 rings (SSSR count). The molecule has 3 aliphatic carbocycles.